The molecule has 10 aromatic carbocycles. The molecule has 12 aromatic rings. The first-order chi connectivity index (χ1) is 33.7. The lowest BCUT2D eigenvalue weighted by atomic mass is 9.92. The van der Waals surface area contributed by atoms with Gasteiger partial charge >= 0.3 is 0 Å². The Labute approximate surface area is 396 Å². The summed E-state index contributed by atoms with van der Waals surface area (Å²) in [6.07, 6.45) is 0. The van der Waals surface area contributed by atoms with Gasteiger partial charge in [0, 0.05) is 27.5 Å². The molecule has 0 radical (unpaired) electrons. The summed E-state index contributed by atoms with van der Waals surface area (Å²) in [6, 6.07) is 92.1. The third-order valence-electron chi connectivity index (χ3n) is 13.8. The molecule has 0 saturated heterocycles. The molecule has 1 aliphatic rings. The van der Waals surface area contributed by atoms with E-state index in [1.807, 2.05) is 18.2 Å². The topological polar surface area (TPSA) is 38.9 Å². The van der Waals surface area contributed by atoms with Gasteiger partial charge in [-0.25, -0.2) is 9.97 Å². The molecule has 0 saturated carbocycles. The van der Waals surface area contributed by atoms with E-state index in [1.165, 1.54) is 31.9 Å². The average Bonchev–Trinajstić information content (AvgIpc) is 3.95. The van der Waals surface area contributed by atoms with Crippen LogP contribution in [0.2, 0.25) is 0 Å². The molecule has 0 atom stereocenters. The fourth-order valence-electron chi connectivity index (χ4n) is 10.7. The molecule has 0 aliphatic carbocycles. The van der Waals surface area contributed by atoms with Gasteiger partial charge in [-0.05, 0) is 114 Å². The maximum Gasteiger partial charge on any atom is 0.180 e. The van der Waals surface area contributed by atoms with Gasteiger partial charge in [0.1, 0.15) is 11.2 Å². The van der Waals surface area contributed by atoms with Gasteiger partial charge in [0.15, 0.2) is 13.9 Å². The van der Waals surface area contributed by atoms with E-state index in [9.17, 15) is 0 Å². The second-order valence-electron chi connectivity index (χ2n) is 17.6. The second-order valence-corrected chi connectivity index (χ2v) is 21.4. The molecular formula is C64H42N2OSi. The minimum Gasteiger partial charge on any atom is -0.456 e. The lowest BCUT2D eigenvalue weighted by Crippen LogP contribution is -2.72. The number of furan rings is 1. The van der Waals surface area contributed by atoms with E-state index in [1.54, 1.807) is 0 Å². The molecule has 68 heavy (non-hydrogen) atoms. The van der Waals surface area contributed by atoms with Crippen molar-refractivity contribution >= 4 is 50.8 Å². The first-order valence-corrected chi connectivity index (χ1v) is 25.2. The van der Waals surface area contributed by atoms with Gasteiger partial charge < -0.3 is 4.42 Å². The first kappa shape index (κ1) is 39.6. The van der Waals surface area contributed by atoms with Crippen molar-refractivity contribution in [2.45, 2.75) is 0 Å². The summed E-state index contributed by atoms with van der Waals surface area (Å²) in [5.41, 5.74) is 15.8. The van der Waals surface area contributed by atoms with Crippen LogP contribution in [0.5, 0.6) is 0 Å². The van der Waals surface area contributed by atoms with Crippen LogP contribution in [0.4, 0.5) is 0 Å². The molecule has 0 unspecified atom stereocenters. The Hall–Kier alpha value is -8.70. The monoisotopic (exact) mass is 882 g/mol. The van der Waals surface area contributed by atoms with Crippen LogP contribution in [0.1, 0.15) is 0 Å². The molecule has 318 valence electrons. The van der Waals surface area contributed by atoms with E-state index in [2.05, 4.69) is 237 Å². The zero-order chi connectivity index (χ0) is 45.0. The van der Waals surface area contributed by atoms with Crippen molar-refractivity contribution in [2.24, 2.45) is 0 Å². The van der Waals surface area contributed by atoms with Crippen molar-refractivity contribution in [1.29, 1.82) is 0 Å². The van der Waals surface area contributed by atoms with Crippen LogP contribution in [-0.4, -0.2) is 18.0 Å². The lowest BCUT2D eigenvalue weighted by Gasteiger charge is -2.31. The van der Waals surface area contributed by atoms with Crippen molar-refractivity contribution in [2.75, 3.05) is 0 Å². The Kier molecular flexibility index (Phi) is 9.51. The third kappa shape index (κ3) is 6.57. The van der Waals surface area contributed by atoms with E-state index >= 15 is 0 Å². The zero-order valence-electron chi connectivity index (χ0n) is 37.1. The summed E-state index contributed by atoms with van der Waals surface area (Å²) in [5.74, 6) is 0.676. The predicted octanol–water partition coefficient (Wildman–Crippen LogP) is 13.7. The smallest absolute Gasteiger partial charge is 0.180 e. The van der Waals surface area contributed by atoms with Crippen LogP contribution in [0.3, 0.4) is 0 Å². The highest BCUT2D eigenvalue weighted by Gasteiger charge is 2.48. The SMILES string of the molecule is c1ccc(-c2cc(-c3ccc4oc5ccccc5c4c3)cc(-c3cc(-c4ccccc4-c4ccc5c(c4)-c4ccccc4[Si]5(c4ccccc4)c4ccccc4)nc(-c4ccccc4)n3)c2)cc1. The van der Waals surface area contributed by atoms with Gasteiger partial charge in [0.2, 0.25) is 0 Å². The lowest BCUT2D eigenvalue weighted by molar-refractivity contribution is 0.669. The normalized spacial score (nSPS) is 12.5. The Morgan fingerprint density at radius 2 is 0.809 bits per heavy atom. The number of hydrogen-bond acceptors (Lipinski definition) is 3. The van der Waals surface area contributed by atoms with Gasteiger partial charge in [-0.2, -0.15) is 0 Å². The molecule has 0 spiro atoms. The van der Waals surface area contributed by atoms with Crippen molar-refractivity contribution in [3.63, 3.8) is 0 Å². The van der Waals surface area contributed by atoms with Crippen LogP contribution < -0.4 is 20.7 Å². The van der Waals surface area contributed by atoms with Crippen molar-refractivity contribution in [3.8, 4) is 78.4 Å². The summed E-state index contributed by atoms with van der Waals surface area (Å²) in [7, 11) is -2.62. The zero-order valence-corrected chi connectivity index (χ0v) is 38.1. The van der Waals surface area contributed by atoms with Gasteiger partial charge in [-0.1, -0.05) is 206 Å². The number of nitrogens with zero attached hydrogens (tertiary/aromatic N) is 2. The van der Waals surface area contributed by atoms with E-state index in [0.29, 0.717) is 5.82 Å². The molecule has 4 heteroatoms. The quantitative estimate of drug-likeness (QED) is 0.143. The summed E-state index contributed by atoms with van der Waals surface area (Å²) in [4.78, 5) is 10.8. The number of hydrogen-bond donors (Lipinski definition) is 0. The summed E-state index contributed by atoms with van der Waals surface area (Å²) >= 11 is 0. The molecule has 0 N–H and O–H groups in total. The maximum absolute atomic E-state index is 6.25. The van der Waals surface area contributed by atoms with Crippen LogP contribution in [0, 0.1) is 0 Å². The number of aromatic nitrogens is 2. The molecule has 2 aromatic heterocycles. The summed E-state index contributed by atoms with van der Waals surface area (Å²) < 4.78 is 6.25. The van der Waals surface area contributed by atoms with E-state index in [0.717, 1.165) is 83.4 Å². The van der Waals surface area contributed by atoms with Crippen molar-refractivity contribution in [3.05, 3.63) is 255 Å². The van der Waals surface area contributed by atoms with Crippen molar-refractivity contribution < 1.29 is 4.42 Å². The second kappa shape index (κ2) is 16.3. The summed E-state index contributed by atoms with van der Waals surface area (Å²) in [5, 5.41) is 7.84. The molecule has 0 fully saturated rings. The van der Waals surface area contributed by atoms with Crippen molar-refractivity contribution in [1.82, 2.24) is 9.97 Å². The van der Waals surface area contributed by atoms with E-state index in [-0.39, 0.29) is 0 Å². The number of para-hydroxylation sites is 1. The molecule has 3 nitrogen and oxygen atoms in total. The molecule has 13 rings (SSSR count). The Bertz CT molecular complexity index is 3810. The average molecular weight is 883 g/mol. The summed E-state index contributed by atoms with van der Waals surface area (Å²) in [6.45, 7) is 0. The first-order valence-electron chi connectivity index (χ1n) is 23.2. The molecule has 1 aliphatic heterocycles. The Morgan fingerprint density at radius 3 is 1.54 bits per heavy atom. The minimum absolute atomic E-state index is 0.676. The molecule has 0 bridgehead atoms. The highest BCUT2D eigenvalue weighted by molar-refractivity contribution is 7.22. The van der Waals surface area contributed by atoms with Gasteiger partial charge in [-0.3, -0.25) is 0 Å². The van der Waals surface area contributed by atoms with Crippen LogP contribution in [-0.2, 0) is 0 Å². The number of fused-ring (bicyclic) bond motifs is 6. The van der Waals surface area contributed by atoms with Crippen LogP contribution in [0.25, 0.3) is 100 Å². The molecular weight excluding hydrogens is 841 g/mol. The van der Waals surface area contributed by atoms with Crippen LogP contribution in [0.15, 0.2) is 259 Å². The highest BCUT2D eigenvalue weighted by Crippen LogP contribution is 2.40. The maximum atomic E-state index is 6.25. The van der Waals surface area contributed by atoms with Gasteiger partial charge in [-0.15, -0.1) is 0 Å². The van der Waals surface area contributed by atoms with Crippen LogP contribution >= 0.6 is 0 Å². The fourth-order valence-corrected chi connectivity index (χ4v) is 15.8. The minimum atomic E-state index is -2.62. The van der Waals surface area contributed by atoms with Gasteiger partial charge in [0.25, 0.3) is 0 Å². The standard InChI is InChI=1S/C64H42N2OSi/c1-5-19-43(20-6-1)47-37-48(45-33-35-61-56(40-45)54-29-15-17-31-60(54)67-61)39-49(38-47)58-42-59(66-64(65-58)44-21-7-2-8-22-44)53-28-14-13-27-52(53)46-34-36-63-57(41-46)55-30-16-18-32-62(55)68(63,50-23-9-3-10-24-50)51-25-11-4-12-26-51/h1-42H. The Balaban J connectivity index is 0.996. The molecule has 0 amide bonds. The van der Waals surface area contributed by atoms with E-state index < -0.39 is 8.07 Å². The largest absolute Gasteiger partial charge is 0.456 e. The van der Waals surface area contributed by atoms with Gasteiger partial charge in [0.05, 0.1) is 11.4 Å². The fraction of sp³-hybridized carbons (Fsp3) is 0. The number of benzene rings is 10. The number of rotatable bonds is 8. The van der Waals surface area contributed by atoms with E-state index in [4.69, 9.17) is 14.4 Å². The third-order valence-corrected chi connectivity index (χ3v) is 18.7. The molecule has 3 heterocycles. The predicted molar refractivity (Wildman–Crippen MR) is 285 cm³/mol. The highest BCUT2D eigenvalue weighted by atomic mass is 28.3. The Morgan fingerprint density at radius 1 is 0.279 bits per heavy atom.